The summed E-state index contributed by atoms with van der Waals surface area (Å²) in [5.74, 6) is -0.290. The van der Waals surface area contributed by atoms with Crippen molar-refractivity contribution in [3.63, 3.8) is 0 Å². The Morgan fingerprint density at radius 1 is 1.07 bits per heavy atom. The van der Waals surface area contributed by atoms with Crippen LogP contribution in [0.5, 0.6) is 5.75 Å². The van der Waals surface area contributed by atoms with Crippen molar-refractivity contribution in [3.05, 3.63) is 39.4 Å². The Morgan fingerprint density at radius 3 is 2.32 bits per heavy atom. The molecular weight excluding hydrogens is 366 g/mol. The van der Waals surface area contributed by atoms with E-state index in [2.05, 4.69) is 37.4 Å². The first-order valence-electron chi connectivity index (χ1n) is 9.38. The first kappa shape index (κ1) is 21.6. The monoisotopic (exact) mass is 393 g/mol. The van der Waals surface area contributed by atoms with Crippen LogP contribution in [0.15, 0.2) is 18.2 Å². The Morgan fingerprint density at radius 2 is 1.71 bits per heavy atom. The summed E-state index contributed by atoms with van der Waals surface area (Å²) >= 11 is 0. The van der Waals surface area contributed by atoms with Gasteiger partial charge in [0.05, 0.1) is 17.7 Å². The van der Waals surface area contributed by atoms with Gasteiger partial charge in [0, 0.05) is 25.2 Å². The molecule has 154 valence electrons. The molecule has 0 spiro atoms. The van der Waals surface area contributed by atoms with Gasteiger partial charge in [-0.15, -0.1) is 10.1 Å². The number of imide groups is 1. The van der Waals surface area contributed by atoms with Gasteiger partial charge in [-0.25, -0.2) is 0 Å². The highest BCUT2D eigenvalue weighted by Gasteiger charge is 2.35. The van der Waals surface area contributed by atoms with Crippen molar-refractivity contribution in [1.29, 1.82) is 0 Å². The fourth-order valence-corrected chi connectivity index (χ4v) is 3.31. The van der Waals surface area contributed by atoms with Crippen LogP contribution in [0.2, 0.25) is 0 Å². The van der Waals surface area contributed by atoms with Crippen LogP contribution in [0, 0.1) is 10.1 Å². The summed E-state index contributed by atoms with van der Waals surface area (Å²) in [6.07, 6.45) is 0.191. The SMILES string of the molecule is CC(C)N(CCOc1ccc2c(c1)C(=O)N(CCCO[N+](=O)[O-])C2=O)C(C)C. The van der Waals surface area contributed by atoms with Crippen LogP contribution in [0.4, 0.5) is 0 Å². The van der Waals surface area contributed by atoms with Crippen LogP contribution in [0.3, 0.4) is 0 Å². The Balaban J connectivity index is 1.96. The summed E-state index contributed by atoms with van der Waals surface area (Å²) in [6.45, 7) is 9.64. The lowest BCUT2D eigenvalue weighted by molar-refractivity contribution is -0.757. The zero-order valence-electron chi connectivity index (χ0n) is 16.7. The minimum Gasteiger partial charge on any atom is -0.492 e. The second-order valence-electron chi connectivity index (χ2n) is 7.15. The summed E-state index contributed by atoms with van der Waals surface area (Å²) in [5, 5.41) is 9.26. The van der Waals surface area contributed by atoms with E-state index in [9.17, 15) is 19.7 Å². The highest BCUT2D eigenvalue weighted by atomic mass is 16.9. The lowest BCUT2D eigenvalue weighted by atomic mass is 10.1. The fraction of sp³-hybridized carbons (Fsp3) is 0.579. The molecular formula is C19H27N3O6. The Labute approximate surface area is 164 Å². The maximum atomic E-state index is 12.5. The first-order chi connectivity index (χ1) is 13.2. The molecule has 1 aromatic carbocycles. The highest BCUT2D eigenvalue weighted by molar-refractivity contribution is 6.21. The molecule has 0 aromatic heterocycles. The summed E-state index contributed by atoms with van der Waals surface area (Å²) in [5.41, 5.74) is 0.612. The van der Waals surface area contributed by atoms with Gasteiger partial charge >= 0.3 is 0 Å². The Bertz CT molecular complexity index is 726. The third kappa shape index (κ3) is 5.19. The van der Waals surface area contributed by atoms with Crippen LogP contribution in [0.25, 0.3) is 0 Å². The number of hydrogen-bond donors (Lipinski definition) is 0. The van der Waals surface area contributed by atoms with E-state index in [1.54, 1.807) is 18.2 Å². The van der Waals surface area contributed by atoms with Crippen LogP contribution in [-0.4, -0.2) is 65.1 Å². The highest BCUT2D eigenvalue weighted by Crippen LogP contribution is 2.27. The lowest BCUT2D eigenvalue weighted by Gasteiger charge is -2.30. The third-order valence-electron chi connectivity index (χ3n) is 4.61. The number of rotatable bonds is 11. The largest absolute Gasteiger partial charge is 0.492 e. The van der Waals surface area contributed by atoms with E-state index in [0.717, 1.165) is 11.4 Å². The molecule has 1 aliphatic rings. The molecule has 0 bridgehead atoms. The van der Waals surface area contributed by atoms with Gasteiger partial charge in [0.25, 0.3) is 16.9 Å². The predicted molar refractivity (Wildman–Crippen MR) is 102 cm³/mol. The van der Waals surface area contributed by atoms with Crippen molar-refractivity contribution >= 4 is 11.8 Å². The van der Waals surface area contributed by atoms with Gasteiger partial charge in [-0.2, -0.15) is 0 Å². The molecule has 0 saturated heterocycles. The molecule has 0 fully saturated rings. The maximum absolute atomic E-state index is 12.5. The number of carbonyl (C=O) groups excluding carboxylic acids is 2. The fourth-order valence-electron chi connectivity index (χ4n) is 3.31. The van der Waals surface area contributed by atoms with Crippen molar-refractivity contribution in [2.24, 2.45) is 0 Å². The third-order valence-corrected chi connectivity index (χ3v) is 4.61. The van der Waals surface area contributed by atoms with Crippen molar-refractivity contribution in [2.45, 2.75) is 46.2 Å². The molecule has 1 aromatic rings. The van der Waals surface area contributed by atoms with Crippen molar-refractivity contribution in [2.75, 3.05) is 26.3 Å². The zero-order valence-corrected chi connectivity index (χ0v) is 16.7. The van der Waals surface area contributed by atoms with Gasteiger partial charge in [0.15, 0.2) is 0 Å². The maximum Gasteiger partial charge on any atom is 0.294 e. The van der Waals surface area contributed by atoms with Gasteiger partial charge in [-0.1, -0.05) is 0 Å². The van der Waals surface area contributed by atoms with Crippen LogP contribution < -0.4 is 4.74 Å². The van der Waals surface area contributed by atoms with E-state index in [1.165, 1.54) is 0 Å². The van der Waals surface area contributed by atoms with E-state index in [0.29, 0.717) is 35.6 Å². The number of nitrogens with zero attached hydrogens (tertiary/aromatic N) is 3. The molecule has 2 rings (SSSR count). The smallest absolute Gasteiger partial charge is 0.294 e. The molecule has 28 heavy (non-hydrogen) atoms. The minimum absolute atomic E-state index is 0.0636. The van der Waals surface area contributed by atoms with E-state index in [-0.39, 0.29) is 19.6 Å². The van der Waals surface area contributed by atoms with Gasteiger partial charge in [-0.3, -0.25) is 19.4 Å². The van der Waals surface area contributed by atoms with Gasteiger partial charge in [0.2, 0.25) is 0 Å². The molecule has 1 aliphatic heterocycles. The number of carbonyl (C=O) groups is 2. The molecule has 0 N–H and O–H groups in total. The van der Waals surface area contributed by atoms with Crippen molar-refractivity contribution in [1.82, 2.24) is 9.80 Å². The van der Waals surface area contributed by atoms with Crippen LogP contribution in [-0.2, 0) is 4.84 Å². The van der Waals surface area contributed by atoms with Crippen molar-refractivity contribution in [3.8, 4) is 5.75 Å². The molecule has 0 saturated carbocycles. The standard InChI is InChI=1S/C19H27N3O6/c1-13(2)20(14(3)4)9-11-27-15-6-7-16-17(12-15)19(24)21(18(16)23)8-5-10-28-22(25)26/h6-7,12-14H,5,8-11H2,1-4H3. The van der Waals surface area contributed by atoms with Gasteiger partial charge < -0.3 is 9.57 Å². The predicted octanol–water partition coefficient (Wildman–Crippen LogP) is 2.38. The quantitative estimate of drug-likeness (QED) is 0.246. The summed E-state index contributed by atoms with van der Waals surface area (Å²) in [7, 11) is 0. The summed E-state index contributed by atoms with van der Waals surface area (Å²) < 4.78 is 5.79. The second-order valence-corrected chi connectivity index (χ2v) is 7.15. The second kappa shape index (κ2) is 9.50. The average Bonchev–Trinajstić information content (AvgIpc) is 2.85. The van der Waals surface area contributed by atoms with E-state index in [1.807, 2.05) is 0 Å². The summed E-state index contributed by atoms with van der Waals surface area (Å²) in [6, 6.07) is 5.64. The number of ether oxygens (including phenoxy) is 1. The zero-order chi connectivity index (χ0) is 20.8. The van der Waals surface area contributed by atoms with Crippen molar-refractivity contribution < 1.29 is 24.3 Å². The molecule has 0 atom stereocenters. The number of fused-ring (bicyclic) bond motifs is 1. The molecule has 1 heterocycles. The number of benzene rings is 1. The molecule has 0 aliphatic carbocycles. The molecule has 0 radical (unpaired) electrons. The summed E-state index contributed by atoms with van der Waals surface area (Å²) in [4.78, 5) is 42.7. The van der Waals surface area contributed by atoms with E-state index >= 15 is 0 Å². The molecule has 0 unspecified atom stereocenters. The average molecular weight is 393 g/mol. The number of amides is 2. The van der Waals surface area contributed by atoms with Crippen LogP contribution in [0.1, 0.15) is 54.8 Å². The molecule has 9 nitrogen and oxygen atoms in total. The lowest BCUT2D eigenvalue weighted by Crippen LogP contribution is -2.39. The first-order valence-corrected chi connectivity index (χ1v) is 9.38. The van der Waals surface area contributed by atoms with Gasteiger partial charge in [-0.05, 0) is 52.3 Å². The topological polar surface area (TPSA) is 102 Å². The van der Waals surface area contributed by atoms with E-state index < -0.39 is 16.9 Å². The Hall–Kier alpha value is -2.68. The van der Waals surface area contributed by atoms with Crippen LogP contribution >= 0.6 is 0 Å². The minimum atomic E-state index is -0.897. The Kier molecular flexibility index (Phi) is 7.33. The normalized spacial score (nSPS) is 13.6. The number of hydrogen-bond acceptors (Lipinski definition) is 7. The van der Waals surface area contributed by atoms with Gasteiger partial charge in [0.1, 0.15) is 12.4 Å². The molecule has 2 amide bonds. The molecule has 9 heteroatoms. The van der Waals surface area contributed by atoms with E-state index in [4.69, 9.17) is 4.74 Å².